The summed E-state index contributed by atoms with van der Waals surface area (Å²) in [5, 5.41) is 9.22. The Labute approximate surface area is 144 Å². The lowest BCUT2D eigenvalue weighted by atomic mass is 10.00. The van der Waals surface area contributed by atoms with Gasteiger partial charge >= 0.3 is 0 Å². The highest BCUT2D eigenvalue weighted by Crippen LogP contribution is 2.23. The number of pyridine rings is 1. The third-order valence-corrected chi connectivity index (χ3v) is 3.78. The molecule has 5 heteroatoms. The number of hydrogen-bond donors (Lipinski definition) is 1. The Hall–Kier alpha value is -3.39. The van der Waals surface area contributed by atoms with Gasteiger partial charge in [-0.1, -0.05) is 36.4 Å². The number of aromatic nitrogens is 1. The van der Waals surface area contributed by atoms with Gasteiger partial charge in [-0.2, -0.15) is 5.26 Å². The fourth-order valence-corrected chi connectivity index (χ4v) is 2.53. The van der Waals surface area contributed by atoms with E-state index in [4.69, 9.17) is 4.74 Å². The van der Waals surface area contributed by atoms with Crippen LogP contribution >= 0.6 is 0 Å². The van der Waals surface area contributed by atoms with Crippen molar-refractivity contribution < 1.29 is 9.13 Å². The van der Waals surface area contributed by atoms with Crippen molar-refractivity contribution in [3.63, 3.8) is 0 Å². The third-order valence-electron chi connectivity index (χ3n) is 3.78. The molecule has 0 saturated heterocycles. The van der Waals surface area contributed by atoms with Crippen molar-refractivity contribution in [1.29, 1.82) is 5.26 Å². The van der Waals surface area contributed by atoms with Gasteiger partial charge in [0.05, 0.1) is 0 Å². The number of para-hydroxylation sites is 1. The minimum Gasteiger partial charge on any atom is -0.486 e. The van der Waals surface area contributed by atoms with Crippen LogP contribution < -0.4 is 10.3 Å². The zero-order chi connectivity index (χ0) is 17.8. The Bertz CT molecular complexity index is 1000. The van der Waals surface area contributed by atoms with E-state index >= 15 is 0 Å². The van der Waals surface area contributed by atoms with Crippen LogP contribution in [-0.4, -0.2) is 4.98 Å². The maximum atomic E-state index is 13.5. The van der Waals surface area contributed by atoms with E-state index in [0.29, 0.717) is 11.3 Å². The Morgan fingerprint density at radius 2 is 1.88 bits per heavy atom. The Morgan fingerprint density at radius 1 is 1.16 bits per heavy atom. The molecule has 1 aromatic heterocycles. The summed E-state index contributed by atoms with van der Waals surface area (Å²) in [5.41, 5.74) is 2.58. The quantitative estimate of drug-likeness (QED) is 0.786. The molecule has 0 bridgehead atoms. The molecule has 0 aliphatic rings. The second-order valence-electron chi connectivity index (χ2n) is 5.60. The van der Waals surface area contributed by atoms with Crippen LogP contribution in [0.25, 0.3) is 11.1 Å². The number of hydrogen-bond acceptors (Lipinski definition) is 3. The van der Waals surface area contributed by atoms with Gasteiger partial charge in [-0.05, 0) is 36.2 Å². The van der Waals surface area contributed by atoms with E-state index in [1.54, 1.807) is 31.2 Å². The second-order valence-corrected chi connectivity index (χ2v) is 5.60. The monoisotopic (exact) mass is 334 g/mol. The second kappa shape index (κ2) is 7.02. The van der Waals surface area contributed by atoms with Crippen molar-refractivity contribution in [2.75, 3.05) is 0 Å². The van der Waals surface area contributed by atoms with Gasteiger partial charge in [0.2, 0.25) is 0 Å². The van der Waals surface area contributed by atoms with Crippen LogP contribution in [0.4, 0.5) is 4.39 Å². The van der Waals surface area contributed by atoms with Crippen LogP contribution in [0.15, 0.2) is 59.4 Å². The molecular weight excluding hydrogens is 319 g/mol. The predicted octanol–water partition coefficient (Wildman–Crippen LogP) is 3.94. The summed E-state index contributed by atoms with van der Waals surface area (Å²) in [6.07, 6.45) is 0. The number of ether oxygens (including phenoxy) is 1. The molecule has 0 atom stereocenters. The Balaban J connectivity index is 1.83. The van der Waals surface area contributed by atoms with Gasteiger partial charge in [0.1, 0.15) is 18.2 Å². The molecule has 124 valence electrons. The molecular formula is C20H15FN2O2. The van der Waals surface area contributed by atoms with Gasteiger partial charge in [-0.15, -0.1) is 0 Å². The van der Waals surface area contributed by atoms with Gasteiger partial charge in [0.25, 0.3) is 5.56 Å². The van der Waals surface area contributed by atoms with Crippen LogP contribution in [0, 0.1) is 24.1 Å². The summed E-state index contributed by atoms with van der Waals surface area (Å²) in [6, 6.07) is 17.2. The highest BCUT2D eigenvalue weighted by Gasteiger charge is 2.10. The zero-order valence-corrected chi connectivity index (χ0v) is 13.5. The van der Waals surface area contributed by atoms with Crippen molar-refractivity contribution >= 4 is 0 Å². The summed E-state index contributed by atoms with van der Waals surface area (Å²) < 4.78 is 19.0. The Kier molecular flexibility index (Phi) is 4.62. The predicted molar refractivity (Wildman–Crippen MR) is 92.7 cm³/mol. The molecule has 0 saturated carbocycles. The standard InChI is InChI=1S/C20H15FN2O2/c1-13-10-16(17(11-22)20(24)23-13)15-8-6-14(7-9-15)12-25-19-5-3-2-4-18(19)21/h2-10H,12H2,1H3,(H,23,24). The normalized spacial score (nSPS) is 10.3. The number of aryl methyl sites for hydroxylation is 1. The van der Waals surface area contributed by atoms with Crippen molar-refractivity contribution in [1.82, 2.24) is 4.98 Å². The average Bonchev–Trinajstić information content (AvgIpc) is 2.61. The van der Waals surface area contributed by atoms with E-state index in [2.05, 4.69) is 4.98 Å². The Morgan fingerprint density at radius 3 is 2.56 bits per heavy atom. The first-order valence-corrected chi connectivity index (χ1v) is 7.69. The fourth-order valence-electron chi connectivity index (χ4n) is 2.53. The van der Waals surface area contributed by atoms with Crippen LogP contribution in [0.1, 0.15) is 16.8 Å². The van der Waals surface area contributed by atoms with Crippen molar-refractivity contribution in [2.24, 2.45) is 0 Å². The van der Waals surface area contributed by atoms with Gasteiger partial charge < -0.3 is 9.72 Å². The lowest BCUT2D eigenvalue weighted by molar-refractivity contribution is 0.290. The molecule has 3 rings (SSSR count). The van der Waals surface area contributed by atoms with E-state index in [1.807, 2.05) is 30.3 Å². The smallest absolute Gasteiger partial charge is 0.266 e. The van der Waals surface area contributed by atoms with E-state index in [9.17, 15) is 14.4 Å². The number of rotatable bonds is 4. The first kappa shape index (κ1) is 16.5. The number of H-pyrrole nitrogens is 1. The number of halogens is 1. The molecule has 0 unspecified atom stereocenters. The summed E-state index contributed by atoms with van der Waals surface area (Å²) in [5.74, 6) is -0.208. The van der Waals surface area contributed by atoms with Crippen LogP contribution in [-0.2, 0) is 6.61 Å². The molecule has 0 amide bonds. The molecule has 25 heavy (non-hydrogen) atoms. The molecule has 2 aromatic carbocycles. The molecule has 0 aliphatic carbocycles. The SMILES string of the molecule is Cc1cc(-c2ccc(COc3ccccc3F)cc2)c(C#N)c(=O)[nH]1. The topological polar surface area (TPSA) is 65.9 Å². The highest BCUT2D eigenvalue weighted by atomic mass is 19.1. The maximum absolute atomic E-state index is 13.5. The largest absolute Gasteiger partial charge is 0.486 e. The minimum atomic E-state index is -0.406. The molecule has 0 fully saturated rings. The molecule has 3 aromatic rings. The number of nitrogens with one attached hydrogen (secondary N) is 1. The van der Waals surface area contributed by atoms with Crippen molar-refractivity contribution in [3.05, 3.63) is 87.6 Å². The van der Waals surface area contributed by atoms with E-state index in [0.717, 1.165) is 11.1 Å². The first-order valence-electron chi connectivity index (χ1n) is 7.69. The van der Waals surface area contributed by atoms with Gasteiger partial charge in [-0.25, -0.2) is 4.39 Å². The highest BCUT2D eigenvalue weighted by molar-refractivity contribution is 5.70. The van der Waals surface area contributed by atoms with E-state index in [-0.39, 0.29) is 17.9 Å². The molecule has 1 heterocycles. The summed E-state index contributed by atoms with van der Waals surface area (Å²) in [7, 11) is 0. The summed E-state index contributed by atoms with van der Waals surface area (Å²) in [4.78, 5) is 14.5. The molecule has 0 aliphatic heterocycles. The lowest BCUT2D eigenvalue weighted by Crippen LogP contribution is -2.12. The summed E-state index contributed by atoms with van der Waals surface area (Å²) in [6.45, 7) is 1.99. The maximum Gasteiger partial charge on any atom is 0.266 e. The molecule has 4 nitrogen and oxygen atoms in total. The average molecular weight is 334 g/mol. The van der Waals surface area contributed by atoms with Crippen LogP contribution in [0.5, 0.6) is 5.75 Å². The zero-order valence-electron chi connectivity index (χ0n) is 13.5. The van der Waals surface area contributed by atoms with Gasteiger partial charge in [-0.3, -0.25) is 4.79 Å². The fraction of sp³-hybridized carbons (Fsp3) is 0.100. The molecule has 1 N–H and O–H groups in total. The van der Waals surface area contributed by atoms with Gasteiger partial charge in [0.15, 0.2) is 11.6 Å². The van der Waals surface area contributed by atoms with Crippen LogP contribution in [0.2, 0.25) is 0 Å². The summed E-state index contributed by atoms with van der Waals surface area (Å²) >= 11 is 0. The molecule has 0 spiro atoms. The number of benzene rings is 2. The number of aromatic amines is 1. The molecule has 0 radical (unpaired) electrons. The van der Waals surface area contributed by atoms with E-state index in [1.165, 1.54) is 6.07 Å². The van der Waals surface area contributed by atoms with Gasteiger partial charge in [0, 0.05) is 11.3 Å². The lowest BCUT2D eigenvalue weighted by Gasteiger charge is -2.09. The van der Waals surface area contributed by atoms with Crippen molar-refractivity contribution in [2.45, 2.75) is 13.5 Å². The third kappa shape index (κ3) is 3.59. The number of nitrogens with zero attached hydrogens (tertiary/aromatic N) is 1. The minimum absolute atomic E-state index is 0.0842. The van der Waals surface area contributed by atoms with Crippen molar-refractivity contribution in [3.8, 4) is 22.9 Å². The number of nitriles is 1. The van der Waals surface area contributed by atoms with Crippen LogP contribution in [0.3, 0.4) is 0 Å². The first-order chi connectivity index (χ1) is 12.1. The van der Waals surface area contributed by atoms with E-state index < -0.39 is 11.4 Å².